The van der Waals surface area contributed by atoms with Crippen molar-refractivity contribution in [3.05, 3.63) is 211 Å². The lowest BCUT2D eigenvalue weighted by molar-refractivity contribution is -0.571. The molecule has 4 heterocycles. The molecule has 72 heavy (non-hydrogen) atoms. The Morgan fingerprint density at radius 2 is 1.21 bits per heavy atom. The first-order valence-corrected chi connectivity index (χ1v) is 24.5. The summed E-state index contributed by atoms with van der Waals surface area (Å²) in [7, 11) is 0. The molecule has 8 aromatic carbocycles. The van der Waals surface area contributed by atoms with Crippen LogP contribution < -0.4 is 9.30 Å². The van der Waals surface area contributed by atoms with Crippen molar-refractivity contribution in [2.45, 2.75) is 78.6 Å². The molecular formula is C66H58N4O2. The van der Waals surface area contributed by atoms with Crippen LogP contribution in [-0.2, 0) is 16.2 Å². The van der Waals surface area contributed by atoms with Gasteiger partial charge in [-0.05, 0) is 122 Å². The van der Waals surface area contributed by atoms with Crippen molar-refractivity contribution in [1.29, 1.82) is 0 Å². The van der Waals surface area contributed by atoms with Crippen LogP contribution in [0.15, 0.2) is 192 Å². The Balaban J connectivity index is 1.06. The van der Waals surface area contributed by atoms with Gasteiger partial charge in [0.1, 0.15) is 28.5 Å². The molecule has 0 aliphatic carbocycles. The van der Waals surface area contributed by atoms with Gasteiger partial charge >= 0.3 is 0 Å². The summed E-state index contributed by atoms with van der Waals surface area (Å²) in [5.74, 6) is 2.07. The lowest BCUT2D eigenvalue weighted by Crippen LogP contribution is -2.31. The summed E-state index contributed by atoms with van der Waals surface area (Å²) in [6.45, 7) is 19.8. The van der Waals surface area contributed by atoms with Crippen LogP contribution in [0.4, 0.5) is 0 Å². The molecule has 0 unspecified atom stereocenters. The summed E-state index contributed by atoms with van der Waals surface area (Å²) >= 11 is 0. The van der Waals surface area contributed by atoms with Crippen LogP contribution in [0.3, 0.4) is 0 Å². The minimum absolute atomic E-state index is 0.00530. The summed E-state index contributed by atoms with van der Waals surface area (Å²) in [6, 6.07) is 44.5. The second kappa shape index (κ2) is 16.7. The zero-order valence-corrected chi connectivity index (χ0v) is 42.0. The first-order chi connectivity index (χ1) is 37.5. The summed E-state index contributed by atoms with van der Waals surface area (Å²) in [4.78, 5) is 4.88. The van der Waals surface area contributed by atoms with Crippen LogP contribution in [0.5, 0.6) is 11.5 Å². The third-order valence-electron chi connectivity index (χ3n) is 13.8. The number of fused-ring (bicyclic) bond motifs is 7. The predicted molar refractivity (Wildman–Crippen MR) is 297 cm³/mol. The summed E-state index contributed by atoms with van der Waals surface area (Å²) in [6.07, 6.45) is 5.61. The zero-order valence-electron chi connectivity index (χ0n) is 49.0. The van der Waals surface area contributed by atoms with Gasteiger partial charge < -0.3 is 9.15 Å². The maximum atomic E-state index is 9.99. The molecule has 12 aromatic rings. The first-order valence-electron chi connectivity index (χ1n) is 28.0. The molecule has 0 saturated heterocycles. The Morgan fingerprint density at radius 3 is 1.99 bits per heavy atom. The van der Waals surface area contributed by atoms with Crippen LogP contribution in [-0.4, -0.2) is 14.1 Å². The molecule has 0 saturated carbocycles. The second-order valence-corrected chi connectivity index (χ2v) is 21.8. The van der Waals surface area contributed by atoms with Gasteiger partial charge in [0, 0.05) is 33.8 Å². The Morgan fingerprint density at radius 1 is 0.542 bits per heavy atom. The molecule has 0 spiro atoms. The average Bonchev–Trinajstić information content (AvgIpc) is 4.35. The molecule has 354 valence electrons. The second-order valence-electron chi connectivity index (χ2n) is 21.8. The third-order valence-corrected chi connectivity index (χ3v) is 13.8. The number of hydrogen-bond donors (Lipinski definition) is 0. The number of benzene rings is 8. The molecule has 0 amide bonds. The Bertz CT molecular complexity index is 4480. The molecule has 6 heteroatoms. The quantitative estimate of drug-likeness (QED) is 0.118. The van der Waals surface area contributed by atoms with E-state index < -0.39 is 18.1 Å². The molecule has 0 aliphatic rings. The predicted octanol–water partition coefficient (Wildman–Crippen LogP) is 17.1. The van der Waals surface area contributed by atoms with E-state index >= 15 is 0 Å². The molecule has 0 fully saturated rings. The lowest BCUT2D eigenvalue weighted by atomic mass is 9.78. The van der Waals surface area contributed by atoms with Crippen LogP contribution in [0.1, 0.15) is 88.6 Å². The van der Waals surface area contributed by atoms with Crippen molar-refractivity contribution in [3.63, 3.8) is 0 Å². The zero-order chi connectivity index (χ0) is 55.8. The number of nitrogens with zero attached hydrogens (tertiary/aromatic N) is 4. The minimum atomic E-state index is -0.485. The maximum absolute atomic E-state index is 9.99. The molecule has 4 aromatic heterocycles. The number of hydrogen-bond acceptors (Lipinski definition) is 3. The Labute approximate surface area is 431 Å². The van der Waals surface area contributed by atoms with Gasteiger partial charge in [0.15, 0.2) is 0 Å². The molecule has 0 bridgehead atoms. The number of furan rings is 1. The van der Waals surface area contributed by atoms with Crippen molar-refractivity contribution in [2.24, 2.45) is 0 Å². The minimum Gasteiger partial charge on any atom is -0.458 e. The Kier molecular flexibility index (Phi) is 8.72. The molecular weight excluding hydrogens is 881 g/mol. The maximum Gasteiger partial charge on any atom is 0.269 e. The highest BCUT2D eigenvalue weighted by Gasteiger charge is 2.26. The number of ether oxygens (including phenoxy) is 1. The number of rotatable bonds is 7. The van der Waals surface area contributed by atoms with Gasteiger partial charge in [0.25, 0.3) is 6.33 Å². The lowest BCUT2D eigenvalue weighted by Gasteiger charge is -2.27. The third kappa shape index (κ3) is 7.83. The van der Waals surface area contributed by atoms with Crippen LogP contribution in [0.25, 0.3) is 94.2 Å². The van der Waals surface area contributed by atoms with Crippen molar-refractivity contribution in [2.75, 3.05) is 0 Å². The van der Waals surface area contributed by atoms with E-state index in [1.165, 1.54) is 5.56 Å². The van der Waals surface area contributed by atoms with Crippen molar-refractivity contribution < 1.29 is 23.3 Å². The van der Waals surface area contributed by atoms with E-state index in [2.05, 4.69) is 140 Å². The Hall–Kier alpha value is -8.22. The van der Waals surface area contributed by atoms with Gasteiger partial charge in [-0.1, -0.05) is 171 Å². The van der Waals surface area contributed by atoms with Crippen LogP contribution in [0.2, 0.25) is 0 Å². The van der Waals surface area contributed by atoms with E-state index in [0.29, 0.717) is 22.7 Å². The van der Waals surface area contributed by atoms with Crippen LogP contribution >= 0.6 is 0 Å². The smallest absolute Gasteiger partial charge is 0.269 e. The standard InChI is InChI=1S/C66H58N4O2/c1-64(2,3)44-32-33-67-62(38-44)70-56-24-12-10-20-52(56)53-30-29-49(40-59(53)70)71-48-19-16-18-47(39-48)68-41-69(58-26-14-13-25-57(58)68)63-50(42-28-31-61-55(36-42)54-21-11-15-27-60(54)72-61)22-17-23-51(63)43-34-45(65(4,5)6)37-46(35-43)66(7,8)9/h10-40H,1-9H3/i11D,15D,21D,27D,28D,31D,36D. The van der Waals surface area contributed by atoms with E-state index in [4.69, 9.17) is 19.6 Å². The van der Waals surface area contributed by atoms with Crippen LogP contribution in [0, 0.1) is 6.33 Å². The summed E-state index contributed by atoms with van der Waals surface area (Å²) < 4.78 is 82.7. The topological polar surface area (TPSA) is 49.0 Å². The first kappa shape index (κ1) is 37.6. The van der Waals surface area contributed by atoms with Crippen molar-refractivity contribution in [1.82, 2.24) is 14.1 Å². The largest absolute Gasteiger partial charge is 0.458 e. The highest BCUT2D eigenvalue weighted by molar-refractivity contribution is 6.10. The average molecular weight is 946 g/mol. The molecule has 0 radical (unpaired) electrons. The molecule has 0 atom stereocenters. The van der Waals surface area contributed by atoms with E-state index in [9.17, 15) is 4.11 Å². The summed E-state index contributed by atoms with van der Waals surface area (Å²) in [5.41, 5.74) is 9.77. The van der Waals surface area contributed by atoms with Crippen molar-refractivity contribution in [3.8, 4) is 50.9 Å². The van der Waals surface area contributed by atoms with Gasteiger partial charge in [0.2, 0.25) is 0 Å². The van der Waals surface area contributed by atoms with E-state index in [1.54, 1.807) is 0 Å². The fraction of sp³-hybridized carbons (Fsp3) is 0.182. The molecule has 0 N–H and O–H groups in total. The highest BCUT2D eigenvalue weighted by atomic mass is 16.5. The van der Waals surface area contributed by atoms with Crippen molar-refractivity contribution >= 4 is 54.8 Å². The van der Waals surface area contributed by atoms with Gasteiger partial charge in [-0.15, -0.1) is 0 Å². The van der Waals surface area contributed by atoms with E-state index in [-0.39, 0.29) is 67.9 Å². The van der Waals surface area contributed by atoms with E-state index in [0.717, 1.165) is 66.6 Å². The van der Waals surface area contributed by atoms with Gasteiger partial charge in [0.05, 0.1) is 43.0 Å². The monoisotopic (exact) mass is 945 g/mol. The van der Waals surface area contributed by atoms with Gasteiger partial charge in [-0.2, -0.15) is 0 Å². The number of aromatic nitrogens is 4. The van der Waals surface area contributed by atoms with E-state index in [1.807, 2.05) is 88.1 Å². The number of imidazole rings is 1. The molecule has 12 rings (SSSR count). The SMILES string of the molecule is [2H]c1c([2H])c([2H])c2c(oc3c([2H])c([2H])c(-c4cccc(-c5cc(C(C)(C)C)cc(C(C)(C)C)c5)c4-[n+]4[c-]n(-c5cccc(Oc6ccc7c8ccccc8n(-c8cc(C(C)(C)C)ccn8)c7c6)c5)c5ccccc54)c([2H])c32)c1[2H]. The molecule has 6 nitrogen and oxygen atoms in total. The highest BCUT2D eigenvalue weighted by Crippen LogP contribution is 2.42. The fourth-order valence-corrected chi connectivity index (χ4v) is 9.81. The molecule has 0 aliphatic heterocycles. The number of para-hydroxylation sites is 5. The normalized spacial score (nSPS) is 13.9. The summed E-state index contributed by atoms with van der Waals surface area (Å²) in [5, 5.41) is 2.23. The van der Waals surface area contributed by atoms with Gasteiger partial charge in [-0.3, -0.25) is 13.7 Å². The fourth-order valence-electron chi connectivity index (χ4n) is 9.81. The van der Waals surface area contributed by atoms with Gasteiger partial charge in [-0.25, -0.2) is 4.98 Å². The number of pyridine rings is 1.